The highest BCUT2D eigenvalue weighted by atomic mass is 79.9. The standard InChI is InChI=1S/C10H12BrCl/c1-7(2)5-8-6-9(12)3-4-10(8)11/h3-4,6-7H,5H2,1-2H3. The van der Waals surface area contributed by atoms with E-state index in [1.165, 1.54) is 5.56 Å². The van der Waals surface area contributed by atoms with Crippen molar-refractivity contribution < 1.29 is 0 Å². The quantitative estimate of drug-likeness (QED) is 0.731. The summed E-state index contributed by atoms with van der Waals surface area (Å²) in [6.45, 7) is 4.40. The molecule has 1 aromatic rings. The maximum absolute atomic E-state index is 5.88. The third-order valence-corrected chi connectivity index (χ3v) is 2.64. The number of halogens is 2. The molecule has 0 fully saturated rings. The second-order valence-electron chi connectivity index (χ2n) is 3.33. The number of benzene rings is 1. The molecule has 12 heavy (non-hydrogen) atoms. The van der Waals surface area contributed by atoms with Crippen LogP contribution < -0.4 is 0 Å². The Kier molecular flexibility index (Phi) is 3.60. The molecule has 2 heteroatoms. The lowest BCUT2D eigenvalue weighted by Crippen LogP contribution is -1.94. The van der Waals surface area contributed by atoms with Crippen LogP contribution in [0.1, 0.15) is 19.4 Å². The van der Waals surface area contributed by atoms with Crippen LogP contribution >= 0.6 is 27.5 Å². The summed E-state index contributed by atoms with van der Waals surface area (Å²) in [6, 6.07) is 5.92. The molecular formula is C10H12BrCl. The van der Waals surface area contributed by atoms with Crippen molar-refractivity contribution >= 4 is 27.5 Å². The summed E-state index contributed by atoms with van der Waals surface area (Å²) in [5.41, 5.74) is 1.29. The van der Waals surface area contributed by atoms with Crippen LogP contribution in [-0.2, 0) is 6.42 Å². The zero-order valence-corrected chi connectivity index (χ0v) is 9.61. The van der Waals surface area contributed by atoms with Gasteiger partial charge in [0.15, 0.2) is 0 Å². The van der Waals surface area contributed by atoms with Crippen LogP contribution in [-0.4, -0.2) is 0 Å². The topological polar surface area (TPSA) is 0 Å². The van der Waals surface area contributed by atoms with E-state index in [1.54, 1.807) is 0 Å². The van der Waals surface area contributed by atoms with Gasteiger partial charge in [-0.05, 0) is 36.1 Å². The van der Waals surface area contributed by atoms with Gasteiger partial charge in [-0.2, -0.15) is 0 Å². The first-order valence-corrected chi connectivity index (χ1v) is 5.20. The predicted octanol–water partition coefficient (Wildman–Crippen LogP) is 4.30. The van der Waals surface area contributed by atoms with E-state index >= 15 is 0 Å². The lowest BCUT2D eigenvalue weighted by atomic mass is 10.0. The molecule has 1 aromatic carbocycles. The zero-order valence-electron chi connectivity index (χ0n) is 7.27. The summed E-state index contributed by atoms with van der Waals surface area (Å²) in [5, 5.41) is 0.814. The van der Waals surface area contributed by atoms with E-state index in [0.717, 1.165) is 15.9 Å². The van der Waals surface area contributed by atoms with Gasteiger partial charge in [0, 0.05) is 9.50 Å². The van der Waals surface area contributed by atoms with Gasteiger partial charge in [-0.1, -0.05) is 41.4 Å². The van der Waals surface area contributed by atoms with Crippen LogP contribution in [0.15, 0.2) is 22.7 Å². The fourth-order valence-corrected chi connectivity index (χ4v) is 1.74. The Hall–Kier alpha value is -0.0100. The average molecular weight is 248 g/mol. The van der Waals surface area contributed by atoms with Crippen LogP contribution in [0.3, 0.4) is 0 Å². The molecule has 0 N–H and O–H groups in total. The molecule has 0 unspecified atom stereocenters. The lowest BCUT2D eigenvalue weighted by molar-refractivity contribution is 0.645. The third-order valence-electron chi connectivity index (χ3n) is 1.64. The van der Waals surface area contributed by atoms with Crippen LogP contribution in [0, 0.1) is 5.92 Å². The monoisotopic (exact) mass is 246 g/mol. The molecule has 1 rings (SSSR count). The van der Waals surface area contributed by atoms with Crippen molar-refractivity contribution in [3.05, 3.63) is 33.3 Å². The number of hydrogen-bond donors (Lipinski definition) is 0. The van der Waals surface area contributed by atoms with Gasteiger partial charge in [0.05, 0.1) is 0 Å². The van der Waals surface area contributed by atoms with E-state index in [0.29, 0.717) is 5.92 Å². The van der Waals surface area contributed by atoms with E-state index in [-0.39, 0.29) is 0 Å². The van der Waals surface area contributed by atoms with E-state index in [9.17, 15) is 0 Å². The van der Waals surface area contributed by atoms with Crippen molar-refractivity contribution in [3.63, 3.8) is 0 Å². The van der Waals surface area contributed by atoms with E-state index in [4.69, 9.17) is 11.6 Å². The Morgan fingerprint density at radius 1 is 1.42 bits per heavy atom. The molecular weight excluding hydrogens is 235 g/mol. The second-order valence-corrected chi connectivity index (χ2v) is 4.62. The predicted molar refractivity (Wildman–Crippen MR) is 57.7 cm³/mol. The fourth-order valence-electron chi connectivity index (χ4n) is 1.14. The van der Waals surface area contributed by atoms with E-state index in [1.807, 2.05) is 18.2 Å². The van der Waals surface area contributed by atoms with Crippen molar-refractivity contribution in [1.29, 1.82) is 0 Å². The highest BCUT2D eigenvalue weighted by Crippen LogP contribution is 2.23. The molecule has 0 aliphatic heterocycles. The molecule has 0 saturated heterocycles. The largest absolute Gasteiger partial charge is 0.0843 e. The van der Waals surface area contributed by atoms with Gasteiger partial charge in [0.1, 0.15) is 0 Å². The number of rotatable bonds is 2. The first-order valence-electron chi connectivity index (χ1n) is 4.03. The highest BCUT2D eigenvalue weighted by Gasteiger charge is 2.02. The molecule has 0 aliphatic rings. The first kappa shape index (κ1) is 10.1. The molecule has 0 nitrogen and oxygen atoms in total. The Labute approximate surface area is 87.1 Å². The Morgan fingerprint density at radius 2 is 2.08 bits per heavy atom. The van der Waals surface area contributed by atoms with Crippen molar-refractivity contribution in [2.45, 2.75) is 20.3 Å². The summed E-state index contributed by atoms with van der Waals surface area (Å²) in [5.74, 6) is 0.666. The van der Waals surface area contributed by atoms with Gasteiger partial charge in [-0.25, -0.2) is 0 Å². The van der Waals surface area contributed by atoms with Crippen LogP contribution in [0.4, 0.5) is 0 Å². The Balaban J connectivity index is 2.90. The normalized spacial score (nSPS) is 10.8. The Bertz CT molecular complexity index is 269. The van der Waals surface area contributed by atoms with Gasteiger partial charge >= 0.3 is 0 Å². The maximum Gasteiger partial charge on any atom is 0.0409 e. The molecule has 0 bridgehead atoms. The molecule has 66 valence electrons. The summed E-state index contributed by atoms with van der Waals surface area (Å²) in [6.07, 6.45) is 1.07. The van der Waals surface area contributed by atoms with Crippen molar-refractivity contribution in [2.75, 3.05) is 0 Å². The van der Waals surface area contributed by atoms with Gasteiger partial charge in [-0.15, -0.1) is 0 Å². The average Bonchev–Trinajstić information content (AvgIpc) is 1.96. The van der Waals surface area contributed by atoms with Gasteiger partial charge in [0.25, 0.3) is 0 Å². The highest BCUT2D eigenvalue weighted by molar-refractivity contribution is 9.10. The lowest BCUT2D eigenvalue weighted by Gasteiger charge is -2.07. The van der Waals surface area contributed by atoms with Crippen LogP contribution in [0.25, 0.3) is 0 Å². The van der Waals surface area contributed by atoms with E-state index in [2.05, 4.69) is 29.8 Å². The van der Waals surface area contributed by atoms with Crippen molar-refractivity contribution in [1.82, 2.24) is 0 Å². The molecule has 0 heterocycles. The maximum atomic E-state index is 5.88. The first-order chi connectivity index (χ1) is 5.59. The van der Waals surface area contributed by atoms with Gasteiger partial charge in [0.2, 0.25) is 0 Å². The molecule has 0 aliphatic carbocycles. The summed E-state index contributed by atoms with van der Waals surface area (Å²) in [7, 11) is 0. The summed E-state index contributed by atoms with van der Waals surface area (Å²) in [4.78, 5) is 0. The number of hydrogen-bond acceptors (Lipinski definition) is 0. The smallest absolute Gasteiger partial charge is 0.0409 e. The second kappa shape index (κ2) is 4.29. The van der Waals surface area contributed by atoms with Crippen LogP contribution in [0.2, 0.25) is 5.02 Å². The Morgan fingerprint density at radius 3 is 2.67 bits per heavy atom. The molecule has 0 atom stereocenters. The van der Waals surface area contributed by atoms with Gasteiger partial charge < -0.3 is 0 Å². The van der Waals surface area contributed by atoms with Crippen LogP contribution in [0.5, 0.6) is 0 Å². The SMILES string of the molecule is CC(C)Cc1cc(Cl)ccc1Br. The molecule has 0 spiro atoms. The zero-order chi connectivity index (χ0) is 9.14. The summed E-state index contributed by atoms with van der Waals surface area (Å²) >= 11 is 9.38. The molecule has 0 saturated carbocycles. The minimum absolute atomic E-state index is 0.666. The molecule has 0 amide bonds. The fraction of sp³-hybridized carbons (Fsp3) is 0.400. The minimum atomic E-state index is 0.666. The molecule has 0 radical (unpaired) electrons. The van der Waals surface area contributed by atoms with Gasteiger partial charge in [-0.3, -0.25) is 0 Å². The minimum Gasteiger partial charge on any atom is -0.0843 e. The molecule has 0 aromatic heterocycles. The van der Waals surface area contributed by atoms with Crippen molar-refractivity contribution in [2.24, 2.45) is 5.92 Å². The van der Waals surface area contributed by atoms with Crippen molar-refractivity contribution in [3.8, 4) is 0 Å². The van der Waals surface area contributed by atoms with E-state index < -0.39 is 0 Å². The third kappa shape index (κ3) is 2.80. The summed E-state index contributed by atoms with van der Waals surface area (Å²) < 4.78 is 1.15.